The number of hydrogen-bond acceptors (Lipinski definition) is 3. The van der Waals surface area contributed by atoms with E-state index < -0.39 is 0 Å². The molecular weight excluding hydrogens is 244 g/mol. The summed E-state index contributed by atoms with van der Waals surface area (Å²) in [6.07, 6.45) is 9.26. The normalized spacial score (nSPS) is 24.2. The van der Waals surface area contributed by atoms with Crippen LogP contribution in [0.4, 0.5) is 0 Å². The lowest BCUT2D eigenvalue weighted by atomic mass is 9.95. The first-order valence-corrected chi connectivity index (χ1v) is 8.53. The molecule has 1 aliphatic carbocycles. The van der Waals surface area contributed by atoms with Crippen LogP contribution in [0.1, 0.15) is 52.4 Å². The Kier molecular flexibility index (Phi) is 7.75. The van der Waals surface area contributed by atoms with Gasteiger partial charge in [-0.3, -0.25) is 4.79 Å². The van der Waals surface area contributed by atoms with Crippen LogP contribution in [0.5, 0.6) is 0 Å². The second-order valence-corrected chi connectivity index (χ2v) is 6.32. The summed E-state index contributed by atoms with van der Waals surface area (Å²) >= 11 is 1.96. The molecule has 0 heterocycles. The largest absolute Gasteiger partial charge is 0.352 e. The molecule has 2 atom stereocenters. The van der Waals surface area contributed by atoms with Crippen LogP contribution in [0, 0.1) is 0 Å². The van der Waals surface area contributed by atoms with Crippen molar-refractivity contribution >= 4 is 17.7 Å². The molecule has 0 saturated heterocycles. The smallest absolute Gasteiger partial charge is 0.234 e. The van der Waals surface area contributed by atoms with E-state index in [1.807, 2.05) is 11.8 Å². The maximum absolute atomic E-state index is 11.8. The average molecular weight is 272 g/mol. The third-order valence-corrected chi connectivity index (χ3v) is 4.96. The summed E-state index contributed by atoms with van der Waals surface area (Å²) in [4.78, 5) is 11.8. The van der Waals surface area contributed by atoms with Gasteiger partial charge < -0.3 is 10.6 Å². The number of carbonyl (C=O) groups is 1. The quantitative estimate of drug-likeness (QED) is 0.748. The molecule has 106 valence electrons. The van der Waals surface area contributed by atoms with Gasteiger partial charge in [0, 0.05) is 17.3 Å². The Hall–Kier alpha value is -0.220. The summed E-state index contributed by atoms with van der Waals surface area (Å²) in [5.74, 6) is 0.148. The van der Waals surface area contributed by atoms with Crippen molar-refractivity contribution in [3.63, 3.8) is 0 Å². The van der Waals surface area contributed by atoms with Crippen LogP contribution in [-0.2, 0) is 4.79 Å². The van der Waals surface area contributed by atoms with Crippen molar-refractivity contribution in [3.8, 4) is 0 Å². The Morgan fingerprint density at radius 1 is 1.33 bits per heavy atom. The molecular formula is C14H28N2OS. The number of hydrogen-bond donors (Lipinski definition) is 2. The molecule has 2 N–H and O–H groups in total. The van der Waals surface area contributed by atoms with Gasteiger partial charge in [-0.2, -0.15) is 11.8 Å². The van der Waals surface area contributed by atoms with Crippen molar-refractivity contribution in [3.05, 3.63) is 0 Å². The summed E-state index contributed by atoms with van der Waals surface area (Å²) in [7, 11) is 0. The second kappa shape index (κ2) is 8.81. The third-order valence-electron chi connectivity index (χ3n) is 3.86. The topological polar surface area (TPSA) is 41.1 Å². The summed E-state index contributed by atoms with van der Waals surface area (Å²) in [6.45, 7) is 4.71. The fourth-order valence-corrected chi connectivity index (χ4v) is 3.38. The number of nitrogens with one attached hydrogen (secondary N) is 2. The van der Waals surface area contributed by atoms with Crippen molar-refractivity contribution in [2.45, 2.75) is 69.7 Å². The highest BCUT2D eigenvalue weighted by Crippen LogP contribution is 2.26. The highest BCUT2D eigenvalue weighted by Gasteiger charge is 2.21. The van der Waals surface area contributed by atoms with Gasteiger partial charge in [-0.15, -0.1) is 0 Å². The van der Waals surface area contributed by atoms with Crippen LogP contribution in [0.2, 0.25) is 0 Å². The monoisotopic (exact) mass is 272 g/mol. The lowest BCUT2D eigenvalue weighted by Gasteiger charge is -2.28. The van der Waals surface area contributed by atoms with E-state index in [2.05, 4.69) is 30.7 Å². The number of thioether (sulfide) groups is 1. The van der Waals surface area contributed by atoms with Crippen LogP contribution in [0.3, 0.4) is 0 Å². The van der Waals surface area contributed by atoms with Crippen molar-refractivity contribution in [2.75, 3.05) is 12.8 Å². The van der Waals surface area contributed by atoms with Gasteiger partial charge in [0.05, 0.1) is 6.54 Å². The minimum atomic E-state index is 0.148. The zero-order valence-corrected chi connectivity index (χ0v) is 12.8. The van der Waals surface area contributed by atoms with Gasteiger partial charge in [0.15, 0.2) is 0 Å². The van der Waals surface area contributed by atoms with E-state index >= 15 is 0 Å². The molecule has 1 aliphatic rings. The maximum Gasteiger partial charge on any atom is 0.234 e. The van der Waals surface area contributed by atoms with Crippen molar-refractivity contribution in [2.24, 2.45) is 0 Å². The van der Waals surface area contributed by atoms with E-state index in [1.165, 1.54) is 25.7 Å². The average Bonchev–Trinajstić information content (AvgIpc) is 2.42. The molecule has 4 heteroatoms. The zero-order valence-electron chi connectivity index (χ0n) is 12.0. The standard InChI is InChI=1S/C14H28N2OS/c1-4-11(5-2)16-14(17)10-15-12-7-6-8-13(9-12)18-3/h11-13,15H,4-10H2,1-3H3,(H,16,17). The van der Waals surface area contributed by atoms with Gasteiger partial charge in [-0.25, -0.2) is 0 Å². The van der Waals surface area contributed by atoms with Gasteiger partial charge in [0.2, 0.25) is 5.91 Å². The van der Waals surface area contributed by atoms with Crippen LogP contribution in [0.15, 0.2) is 0 Å². The molecule has 0 aromatic carbocycles. The molecule has 1 fully saturated rings. The Balaban J connectivity index is 2.21. The maximum atomic E-state index is 11.8. The lowest BCUT2D eigenvalue weighted by molar-refractivity contribution is -0.121. The molecule has 0 aromatic heterocycles. The molecule has 1 rings (SSSR count). The van der Waals surface area contributed by atoms with E-state index in [0.29, 0.717) is 18.6 Å². The van der Waals surface area contributed by atoms with Crippen LogP contribution < -0.4 is 10.6 Å². The first kappa shape index (κ1) is 15.8. The minimum absolute atomic E-state index is 0.148. The predicted molar refractivity (Wildman–Crippen MR) is 80.1 cm³/mol. The lowest BCUT2D eigenvalue weighted by Crippen LogP contribution is -2.44. The van der Waals surface area contributed by atoms with Crippen LogP contribution in [0.25, 0.3) is 0 Å². The Bertz CT molecular complexity index is 244. The number of rotatable bonds is 7. The summed E-state index contributed by atoms with van der Waals surface area (Å²) in [5.41, 5.74) is 0. The van der Waals surface area contributed by atoms with Crippen molar-refractivity contribution in [1.82, 2.24) is 10.6 Å². The van der Waals surface area contributed by atoms with Gasteiger partial charge in [-0.1, -0.05) is 20.3 Å². The molecule has 3 nitrogen and oxygen atoms in total. The van der Waals surface area contributed by atoms with Gasteiger partial charge in [0.25, 0.3) is 0 Å². The summed E-state index contributed by atoms with van der Waals surface area (Å²) < 4.78 is 0. The van der Waals surface area contributed by atoms with E-state index in [0.717, 1.165) is 18.1 Å². The minimum Gasteiger partial charge on any atom is -0.352 e. The van der Waals surface area contributed by atoms with Crippen molar-refractivity contribution in [1.29, 1.82) is 0 Å². The highest BCUT2D eigenvalue weighted by molar-refractivity contribution is 7.99. The Morgan fingerprint density at radius 3 is 2.67 bits per heavy atom. The molecule has 0 spiro atoms. The summed E-state index contributed by atoms with van der Waals surface area (Å²) in [5, 5.41) is 7.26. The van der Waals surface area contributed by atoms with Gasteiger partial charge >= 0.3 is 0 Å². The molecule has 18 heavy (non-hydrogen) atoms. The van der Waals surface area contributed by atoms with Gasteiger partial charge in [-0.05, 0) is 38.4 Å². The second-order valence-electron chi connectivity index (χ2n) is 5.18. The van der Waals surface area contributed by atoms with E-state index in [1.54, 1.807) is 0 Å². The SMILES string of the molecule is CCC(CC)NC(=O)CNC1CCCC(SC)C1. The molecule has 2 unspecified atom stereocenters. The molecule has 0 radical (unpaired) electrons. The van der Waals surface area contributed by atoms with Crippen LogP contribution >= 0.6 is 11.8 Å². The fourth-order valence-electron chi connectivity index (χ4n) is 2.55. The third kappa shape index (κ3) is 5.61. The molecule has 0 bridgehead atoms. The first-order valence-electron chi connectivity index (χ1n) is 7.25. The van der Waals surface area contributed by atoms with E-state index in [4.69, 9.17) is 0 Å². The molecule has 1 amide bonds. The van der Waals surface area contributed by atoms with E-state index in [-0.39, 0.29) is 5.91 Å². The Morgan fingerprint density at radius 2 is 2.06 bits per heavy atom. The molecule has 0 aliphatic heterocycles. The first-order chi connectivity index (χ1) is 8.69. The molecule has 1 saturated carbocycles. The zero-order chi connectivity index (χ0) is 13.4. The fraction of sp³-hybridized carbons (Fsp3) is 0.929. The Labute approximate surface area is 116 Å². The highest BCUT2D eigenvalue weighted by atomic mass is 32.2. The van der Waals surface area contributed by atoms with Gasteiger partial charge in [0.1, 0.15) is 0 Å². The van der Waals surface area contributed by atoms with Crippen molar-refractivity contribution < 1.29 is 4.79 Å². The number of carbonyl (C=O) groups excluding carboxylic acids is 1. The van der Waals surface area contributed by atoms with E-state index in [9.17, 15) is 4.79 Å². The molecule has 0 aromatic rings. The predicted octanol–water partition coefficient (Wildman–Crippen LogP) is 2.55. The van der Waals surface area contributed by atoms with Crippen LogP contribution in [-0.4, -0.2) is 36.0 Å². The summed E-state index contributed by atoms with van der Waals surface area (Å²) in [6, 6.07) is 0.869. The number of amides is 1.